The Bertz CT molecular complexity index is 134. The van der Waals surface area contributed by atoms with E-state index in [2.05, 4.69) is 32.7 Å². The van der Waals surface area contributed by atoms with Crippen molar-refractivity contribution >= 4 is 0 Å². The number of piperidine rings is 1. The first-order valence-corrected chi connectivity index (χ1v) is 5.83. The summed E-state index contributed by atoms with van der Waals surface area (Å²) in [6, 6.07) is 0. The standard InChI is InChI=1S/C12H25N/c1-5-12(10(2)3)11-6-8-13(4)9-7-11/h10-12H,5-9H2,1-4H3. The molecule has 1 heteroatoms. The van der Waals surface area contributed by atoms with Crippen LogP contribution in [0.15, 0.2) is 0 Å². The van der Waals surface area contributed by atoms with Gasteiger partial charge in [-0.3, -0.25) is 0 Å². The summed E-state index contributed by atoms with van der Waals surface area (Å²) >= 11 is 0. The zero-order valence-electron chi connectivity index (χ0n) is 9.71. The molecule has 1 heterocycles. The van der Waals surface area contributed by atoms with Crippen LogP contribution in [0.5, 0.6) is 0 Å². The SMILES string of the molecule is CCC(C(C)C)C1CCN(C)CC1. The van der Waals surface area contributed by atoms with Gasteiger partial charge in [0.05, 0.1) is 0 Å². The van der Waals surface area contributed by atoms with Crippen LogP contribution in [0.1, 0.15) is 40.0 Å². The van der Waals surface area contributed by atoms with E-state index in [9.17, 15) is 0 Å². The van der Waals surface area contributed by atoms with Gasteiger partial charge < -0.3 is 4.90 Å². The molecule has 13 heavy (non-hydrogen) atoms. The van der Waals surface area contributed by atoms with Gasteiger partial charge in [0.25, 0.3) is 0 Å². The van der Waals surface area contributed by atoms with Crippen LogP contribution < -0.4 is 0 Å². The zero-order chi connectivity index (χ0) is 9.84. The summed E-state index contributed by atoms with van der Waals surface area (Å²) in [5, 5.41) is 0. The fourth-order valence-electron chi connectivity index (χ4n) is 2.81. The van der Waals surface area contributed by atoms with Gasteiger partial charge in [0, 0.05) is 0 Å². The predicted molar refractivity (Wildman–Crippen MR) is 58.8 cm³/mol. The lowest BCUT2D eigenvalue weighted by molar-refractivity contribution is 0.140. The lowest BCUT2D eigenvalue weighted by atomic mass is 9.77. The number of nitrogens with zero attached hydrogens (tertiary/aromatic N) is 1. The van der Waals surface area contributed by atoms with E-state index in [-0.39, 0.29) is 0 Å². The van der Waals surface area contributed by atoms with Crippen molar-refractivity contribution in [1.29, 1.82) is 0 Å². The van der Waals surface area contributed by atoms with Gasteiger partial charge in [-0.05, 0) is 50.7 Å². The lowest BCUT2D eigenvalue weighted by Gasteiger charge is -2.35. The molecule has 78 valence electrons. The molecule has 0 bridgehead atoms. The number of rotatable bonds is 3. The van der Waals surface area contributed by atoms with Gasteiger partial charge >= 0.3 is 0 Å². The molecular formula is C12H25N. The highest BCUT2D eigenvalue weighted by Gasteiger charge is 2.25. The highest BCUT2D eigenvalue weighted by molar-refractivity contribution is 4.77. The van der Waals surface area contributed by atoms with E-state index < -0.39 is 0 Å². The molecular weight excluding hydrogens is 158 g/mol. The third kappa shape index (κ3) is 2.98. The molecule has 1 aliphatic rings. The van der Waals surface area contributed by atoms with Gasteiger partial charge in [-0.2, -0.15) is 0 Å². The third-order valence-electron chi connectivity index (χ3n) is 3.70. The molecule has 1 saturated heterocycles. The van der Waals surface area contributed by atoms with Crippen LogP contribution in [0.4, 0.5) is 0 Å². The maximum Gasteiger partial charge on any atom is -0.00190 e. The van der Waals surface area contributed by atoms with Crippen molar-refractivity contribution in [3.05, 3.63) is 0 Å². The van der Waals surface area contributed by atoms with Crippen molar-refractivity contribution in [1.82, 2.24) is 4.90 Å². The molecule has 1 atom stereocenters. The lowest BCUT2D eigenvalue weighted by Crippen LogP contribution is -2.34. The normalized spacial score (nSPS) is 23.8. The number of likely N-dealkylation sites (tertiary alicyclic amines) is 1. The molecule has 0 aromatic heterocycles. The monoisotopic (exact) mass is 183 g/mol. The number of hydrogen-bond donors (Lipinski definition) is 0. The van der Waals surface area contributed by atoms with Gasteiger partial charge in [0.1, 0.15) is 0 Å². The second-order valence-electron chi connectivity index (χ2n) is 4.96. The van der Waals surface area contributed by atoms with Crippen LogP contribution in [-0.4, -0.2) is 25.0 Å². The topological polar surface area (TPSA) is 3.24 Å². The minimum atomic E-state index is 0.874. The highest BCUT2D eigenvalue weighted by Crippen LogP contribution is 2.31. The smallest absolute Gasteiger partial charge is 0.00190 e. The first kappa shape index (κ1) is 11.0. The molecule has 1 nitrogen and oxygen atoms in total. The van der Waals surface area contributed by atoms with Gasteiger partial charge in [-0.25, -0.2) is 0 Å². The van der Waals surface area contributed by atoms with Gasteiger partial charge in [-0.15, -0.1) is 0 Å². The van der Waals surface area contributed by atoms with Crippen molar-refractivity contribution < 1.29 is 0 Å². The molecule has 1 fully saturated rings. The Balaban J connectivity index is 2.41. The average molecular weight is 183 g/mol. The molecule has 0 aliphatic carbocycles. The summed E-state index contributed by atoms with van der Waals surface area (Å²) in [6.07, 6.45) is 4.21. The summed E-state index contributed by atoms with van der Waals surface area (Å²) < 4.78 is 0. The maximum absolute atomic E-state index is 2.46. The van der Waals surface area contributed by atoms with Crippen LogP contribution >= 0.6 is 0 Å². The van der Waals surface area contributed by atoms with E-state index in [1.165, 1.54) is 32.4 Å². The Hall–Kier alpha value is -0.0400. The van der Waals surface area contributed by atoms with Crippen molar-refractivity contribution in [3.63, 3.8) is 0 Å². The molecule has 0 spiro atoms. The summed E-state index contributed by atoms with van der Waals surface area (Å²) in [5.74, 6) is 2.84. The second-order valence-corrected chi connectivity index (χ2v) is 4.96. The first-order chi connectivity index (χ1) is 6.15. The van der Waals surface area contributed by atoms with E-state index in [1.807, 2.05) is 0 Å². The average Bonchev–Trinajstić information content (AvgIpc) is 2.09. The van der Waals surface area contributed by atoms with E-state index >= 15 is 0 Å². The van der Waals surface area contributed by atoms with E-state index in [1.54, 1.807) is 0 Å². The van der Waals surface area contributed by atoms with Crippen LogP contribution in [0.2, 0.25) is 0 Å². The summed E-state index contributed by atoms with van der Waals surface area (Å²) in [5.41, 5.74) is 0. The Morgan fingerprint density at radius 1 is 1.23 bits per heavy atom. The molecule has 0 aromatic carbocycles. The van der Waals surface area contributed by atoms with E-state index in [0.29, 0.717) is 0 Å². The minimum absolute atomic E-state index is 0.874. The Morgan fingerprint density at radius 3 is 2.15 bits per heavy atom. The van der Waals surface area contributed by atoms with Crippen molar-refractivity contribution in [2.24, 2.45) is 17.8 Å². The van der Waals surface area contributed by atoms with Gasteiger partial charge in [-0.1, -0.05) is 27.2 Å². The molecule has 0 saturated carbocycles. The van der Waals surface area contributed by atoms with Gasteiger partial charge in [0.15, 0.2) is 0 Å². The number of hydrogen-bond acceptors (Lipinski definition) is 1. The van der Waals surface area contributed by atoms with Gasteiger partial charge in [0.2, 0.25) is 0 Å². The van der Waals surface area contributed by atoms with Crippen molar-refractivity contribution in [2.75, 3.05) is 20.1 Å². The minimum Gasteiger partial charge on any atom is -0.306 e. The Kier molecular flexibility index (Phi) is 4.24. The quantitative estimate of drug-likeness (QED) is 0.650. The van der Waals surface area contributed by atoms with E-state index in [4.69, 9.17) is 0 Å². The fraction of sp³-hybridized carbons (Fsp3) is 1.00. The summed E-state index contributed by atoms with van der Waals surface area (Å²) in [6.45, 7) is 9.74. The molecule has 0 amide bonds. The molecule has 1 aliphatic heterocycles. The molecule has 0 N–H and O–H groups in total. The van der Waals surface area contributed by atoms with Crippen LogP contribution in [-0.2, 0) is 0 Å². The van der Waals surface area contributed by atoms with Crippen molar-refractivity contribution in [3.8, 4) is 0 Å². The van der Waals surface area contributed by atoms with E-state index in [0.717, 1.165) is 17.8 Å². The highest BCUT2D eigenvalue weighted by atomic mass is 15.1. The molecule has 1 unspecified atom stereocenters. The molecule has 1 rings (SSSR count). The Morgan fingerprint density at radius 2 is 1.77 bits per heavy atom. The second kappa shape index (κ2) is 4.99. The van der Waals surface area contributed by atoms with Crippen LogP contribution in [0, 0.1) is 17.8 Å². The maximum atomic E-state index is 2.46. The zero-order valence-corrected chi connectivity index (χ0v) is 9.71. The largest absolute Gasteiger partial charge is 0.306 e. The molecule has 0 aromatic rings. The Labute approximate surface area is 83.5 Å². The fourth-order valence-corrected chi connectivity index (χ4v) is 2.81. The van der Waals surface area contributed by atoms with Crippen molar-refractivity contribution in [2.45, 2.75) is 40.0 Å². The first-order valence-electron chi connectivity index (χ1n) is 5.83. The van der Waals surface area contributed by atoms with Crippen LogP contribution in [0.3, 0.4) is 0 Å². The predicted octanol–water partition coefficient (Wildman–Crippen LogP) is 3.01. The van der Waals surface area contributed by atoms with Crippen LogP contribution in [0.25, 0.3) is 0 Å². The molecule has 0 radical (unpaired) electrons. The summed E-state index contributed by atoms with van der Waals surface area (Å²) in [4.78, 5) is 2.46. The third-order valence-corrected chi connectivity index (χ3v) is 3.70. The summed E-state index contributed by atoms with van der Waals surface area (Å²) in [7, 11) is 2.24.